The monoisotopic (exact) mass is 421 g/mol. The van der Waals surface area contributed by atoms with Crippen LogP contribution in [-0.4, -0.2) is 15.5 Å². The van der Waals surface area contributed by atoms with Gasteiger partial charge in [0.25, 0.3) is 5.56 Å². The van der Waals surface area contributed by atoms with E-state index in [0.29, 0.717) is 5.69 Å². The largest absolute Gasteiger partial charge is 0.416 e. The number of carbonyl (C=O) groups excluding carboxylic acids is 1. The Bertz CT molecular complexity index is 1110. The predicted octanol–water partition coefficient (Wildman–Crippen LogP) is 4.53. The Kier molecular flexibility index (Phi) is 5.74. The molecule has 2 aromatic carbocycles. The summed E-state index contributed by atoms with van der Waals surface area (Å²) in [5.41, 5.74) is 0.655. The Morgan fingerprint density at radius 3 is 2.45 bits per heavy atom. The second-order valence-corrected chi connectivity index (χ2v) is 6.75. The molecule has 150 valence electrons. The van der Waals surface area contributed by atoms with Crippen molar-refractivity contribution < 1.29 is 18.0 Å². The minimum Gasteiger partial charge on any atom is -0.323 e. The third-order valence-corrected chi connectivity index (χ3v) is 4.44. The molecular formula is C20H15ClF3N3O2. The summed E-state index contributed by atoms with van der Waals surface area (Å²) in [5.74, 6) is -0.710. The Morgan fingerprint density at radius 1 is 1.14 bits per heavy atom. The molecule has 9 heteroatoms. The molecule has 0 aliphatic carbocycles. The summed E-state index contributed by atoms with van der Waals surface area (Å²) in [6.07, 6.45) is -3.36. The van der Waals surface area contributed by atoms with E-state index in [1.165, 1.54) is 12.4 Å². The van der Waals surface area contributed by atoms with Gasteiger partial charge in [-0.1, -0.05) is 41.4 Å². The average molecular weight is 422 g/mol. The van der Waals surface area contributed by atoms with Gasteiger partial charge in [-0.05, 0) is 25.1 Å². The molecule has 5 nitrogen and oxygen atoms in total. The van der Waals surface area contributed by atoms with Crippen LogP contribution in [0.15, 0.2) is 59.7 Å². The number of anilines is 1. The van der Waals surface area contributed by atoms with Gasteiger partial charge in [0.05, 0.1) is 28.3 Å². The molecule has 0 saturated carbocycles. The van der Waals surface area contributed by atoms with Crippen LogP contribution in [0.4, 0.5) is 18.9 Å². The molecule has 3 rings (SSSR count). The van der Waals surface area contributed by atoms with Gasteiger partial charge in [0.2, 0.25) is 5.91 Å². The Balaban J connectivity index is 1.76. The van der Waals surface area contributed by atoms with Crippen molar-refractivity contribution in [2.24, 2.45) is 0 Å². The summed E-state index contributed by atoms with van der Waals surface area (Å²) < 4.78 is 39.5. The summed E-state index contributed by atoms with van der Waals surface area (Å²) >= 11 is 5.86. The first-order chi connectivity index (χ1) is 13.6. The first-order valence-electron chi connectivity index (χ1n) is 8.43. The summed E-state index contributed by atoms with van der Waals surface area (Å²) in [6.45, 7) is 1.51. The maximum absolute atomic E-state index is 12.8. The third-order valence-electron chi connectivity index (χ3n) is 4.11. The fraction of sp³-hybridized carbons (Fsp3) is 0.150. The van der Waals surface area contributed by atoms with E-state index in [0.717, 1.165) is 33.9 Å². The van der Waals surface area contributed by atoms with Gasteiger partial charge in [0.1, 0.15) is 6.54 Å². The SMILES string of the molecule is Cc1ccc(-c2cc(=O)n(CC(=O)Nc3cc(C(F)(F)F)ccc3Cl)cn2)cc1. The standard InChI is InChI=1S/C20H15ClF3N3O2/c1-12-2-4-13(5-3-12)16-9-19(29)27(11-25-16)10-18(28)26-17-8-14(20(22,23)24)6-7-15(17)21/h2-9,11H,10H2,1H3,(H,26,28). The number of aromatic nitrogens is 2. The van der Waals surface area contributed by atoms with E-state index in [2.05, 4.69) is 10.3 Å². The van der Waals surface area contributed by atoms with Crippen molar-refractivity contribution >= 4 is 23.2 Å². The van der Waals surface area contributed by atoms with E-state index >= 15 is 0 Å². The van der Waals surface area contributed by atoms with Gasteiger partial charge in [-0.2, -0.15) is 13.2 Å². The molecule has 0 aliphatic rings. The molecule has 3 aromatic rings. The molecule has 1 heterocycles. The fourth-order valence-electron chi connectivity index (χ4n) is 2.57. The number of rotatable bonds is 4. The van der Waals surface area contributed by atoms with Gasteiger partial charge in [-0.25, -0.2) is 4.98 Å². The van der Waals surface area contributed by atoms with Crippen LogP contribution in [0.1, 0.15) is 11.1 Å². The number of amides is 1. The van der Waals surface area contributed by atoms with E-state index in [4.69, 9.17) is 11.6 Å². The van der Waals surface area contributed by atoms with Gasteiger partial charge in [-0.15, -0.1) is 0 Å². The van der Waals surface area contributed by atoms with Crippen LogP contribution in [0.25, 0.3) is 11.3 Å². The second-order valence-electron chi connectivity index (χ2n) is 6.35. The maximum atomic E-state index is 12.8. The highest BCUT2D eigenvalue weighted by Gasteiger charge is 2.31. The van der Waals surface area contributed by atoms with E-state index < -0.39 is 29.8 Å². The zero-order valence-electron chi connectivity index (χ0n) is 15.1. The van der Waals surface area contributed by atoms with E-state index in [1.54, 1.807) is 0 Å². The lowest BCUT2D eigenvalue weighted by molar-refractivity contribution is -0.137. The van der Waals surface area contributed by atoms with Crippen molar-refractivity contribution in [3.05, 3.63) is 81.4 Å². The maximum Gasteiger partial charge on any atom is 0.416 e. The Hall–Kier alpha value is -3.13. The van der Waals surface area contributed by atoms with Crippen molar-refractivity contribution in [3.63, 3.8) is 0 Å². The first kappa shape index (κ1) is 20.6. The second kappa shape index (κ2) is 8.08. The quantitative estimate of drug-likeness (QED) is 0.673. The van der Waals surface area contributed by atoms with Crippen molar-refractivity contribution in [3.8, 4) is 11.3 Å². The molecule has 1 aromatic heterocycles. The smallest absolute Gasteiger partial charge is 0.323 e. The molecule has 29 heavy (non-hydrogen) atoms. The van der Waals surface area contributed by atoms with Gasteiger partial charge in [0, 0.05) is 11.6 Å². The normalized spacial score (nSPS) is 11.3. The number of halogens is 4. The number of nitrogens with zero attached hydrogens (tertiary/aromatic N) is 2. The number of benzene rings is 2. The third kappa shape index (κ3) is 5.03. The number of hydrogen-bond donors (Lipinski definition) is 1. The molecule has 0 unspecified atom stereocenters. The van der Waals surface area contributed by atoms with Gasteiger partial charge < -0.3 is 5.32 Å². The molecular weight excluding hydrogens is 407 g/mol. The number of alkyl halides is 3. The molecule has 0 radical (unpaired) electrons. The number of nitrogens with one attached hydrogen (secondary N) is 1. The summed E-state index contributed by atoms with van der Waals surface area (Å²) in [5, 5.41) is 2.24. The number of carbonyl (C=O) groups is 1. The molecule has 0 fully saturated rings. The van der Waals surface area contributed by atoms with Crippen LogP contribution in [0.5, 0.6) is 0 Å². The highest BCUT2D eigenvalue weighted by molar-refractivity contribution is 6.33. The molecule has 0 spiro atoms. The predicted molar refractivity (Wildman–Crippen MR) is 104 cm³/mol. The Labute approximate surface area is 168 Å². The van der Waals surface area contributed by atoms with Crippen LogP contribution in [0.3, 0.4) is 0 Å². The van der Waals surface area contributed by atoms with Crippen LogP contribution in [-0.2, 0) is 17.5 Å². The highest BCUT2D eigenvalue weighted by Crippen LogP contribution is 2.33. The minimum absolute atomic E-state index is 0.0495. The van der Waals surface area contributed by atoms with Crippen LogP contribution in [0.2, 0.25) is 5.02 Å². The zero-order chi connectivity index (χ0) is 21.2. The van der Waals surface area contributed by atoms with E-state index in [9.17, 15) is 22.8 Å². The average Bonchev–Trinajstić information content (AvgIpc) is 2.65. The van der Waals surface area contributed by atoms with Crippen LogP contribution < -0.4 is 10.9 Å². The van der Waals surface area contributed by atoms with Gasteiger partial charge in [0.15, 0.2) is 0 Å². The molecule has 1 amide bonds. The summed E-state index contributed by atoms with van der Waals surface area (Å²) in [7, 11) is 0. The molecule has 0 atom stereocenters. The zero-order valence-corrected chi connectivity index (χ0v) is 15.9. The van der Waals surface area contributed by atoms with E-state index in [1.807, 2.05) is 31.2 Å². The number of hydrogen-bond acceptors (Lipinski definition) is 3. The summed E-state index contributed by atoms with van der Waals surface area (Å²) in [6, 6.07) is 11.3. The van der Waals surface area contributed by atoms with Gasteiger partial charge in [-0.3, -0.25) is 14.2 Å². The van der Waals surface area contributed by atoms with Crippen molar-refractivity contribution in [1.29, 1.82) is 0 Å². The molecule has 0 saturated heterocycles. The minimum atomic E-state index is -4.57. The summed E-state index contributed by atoms with van der Waals surface area (Å²) in [4.78, 5) is 28.7. The van der Waals surface area contributed by atoms with Crippen molar-refractivity contribution in [2.75, 3.05) is 5.32 Å². The number of aryl methyl sites for hydroxylation is 1. The lowest BCUT2D eigenvalue weighted by Gasteiger charge is -2.12. The first-order valence-corrected chi connectivity index (χ1v) is 8.81. The molecule has 0 bridgehead atoms. The topological polar surface area (TPSA) is 64.0 Å². The lowest BCUT2D eigenvalue weighted by atomic mass is 10.1. The van der Waals surface area contributed by atoms with E-state index in [-0.39, 0.29) is 10.7 Å². The van der Waals surface area contributed by atoms with Crippen LogP contribution >= 0.6 is 11.6 Å². The van der Waals surface area contributed by atoms with Crippen molar-refractivity contribution in [1.82, 2.24) is 9.55 Å². The lowest BCUT2D eigenvalue weighted by Crippen LogP contribution is -2.27. The van der Waals surface area contributed by atoms with Crippen molar-refractivity contribution in [2.45, 2.75) is 19.6 Å². The molecule has 0 aliphatic heterocycles. The van der Waals surface area contributed by atoms with Crippen LogP contribution in [0, 0.1) is 6.92 Å². The fourth-order valence-corrected chi connectivity index (χ4v) is 2.73. The van der Waals surface area contributed by atoms with Gasteiger partial charge >= 0.3 is 6.18 Å². The Morgan fingerprint density at radius 2 is 1.83 bits per heavy atom. The highest BCUT2D eigenvalue weighted by atomic mass is 35.5. The molecule has 1 N–H and O–H groups in total.